The topological polar surface area (TPSA) is 102 Å². The number of fused-ring (bicyclic) bond motifs is 3. The van der Waals surface area contributed by atoms with Crippen molar-refractivity contribution < 1.29 is 24.0 Å². The molecule has 2 N–H and O–H groups in total. The summed E-state index contributed by atoms with van der Waals surface area (Å²) < 4.78 is 10.1. The minimum Gasteiger partial charge on any atom is -0.476 e. The van der Waals surface area contributed by atoms with Crippen LogP contribution in [0.15, 0.2) is 59.1 Å². The summed E-state index contributed by atoms with van der Waals surface area (Å²) in [4.78, 5) is 22.8. The van der Waals surface area contributed by atoms with Gasteiger partial charge in [0.05, 0.1) is 0 Å². The molecule has 1 aliphatic rings. The highest BCUT2D eigenvalue weighted by Gasteiger charge is 2.29. The van der Waals surface area contributed by atoms with Crippen LogP contribution in [0.3, 0.4) is 0 Å². The number of nitrogens with one attached hydrogen (secondary N) is 1. The second kappa shape index (κ2) is 6.36. The number of amides is 1. The highest BCUT2D eigenvalue weighted by Crippen LogP contribution is 2.44. The molecule has 3 aromatic rings. The lowest BCUT2D eigenvalue weighted by atomic mass is 9.98. The van der Waals surface area contributed by atoms with E-state index in [1.807, 2.05) is 36.4 Å². The van der Waals surface area contributed by atoms with Crippen molar-refractivity contribution in [3.05, 3.63) is 71.4 Å². The molecule has 1 amide bonds. The number of carbonyl (C=O) groups is 2. The normalized spacial score (nSPS) is 12.3. The fraction of sp³-hybridized carbons (Fsp3) is 0.105. The zero-order valence-corrected chi connectivity index (χ0v) is 13.5. The average molecular weight is 350 g/mol. The van der Waals surface area contributed by atoms with Crippen LogP contribution >= 0.6 is 0 Å². The van der Waals surface area contributed by atoms with Gasteiger partial charge in [0.1, 0.15) is 6.61 Å². The maximum Gasteiger partial charge on any atom is 0.414 e. The molecule has 0 unspecified atom stereocenters. The number of nitrogens with zero attached hydrogens (tertiary/aromatic N) is 1. The molecule has 1 aliphatic carbocycles. The number of carboxylic acids is 1. The number of ether oxygens (including phenoxy) is 1. The van der Waals surface area contributed by atoms with Crippen LogP contribution in [0.1, 0.15) is 27.5 Å². The number of carbonyl (C=O) groups excluding carboxylic acids is 1. The van der Waals surface area contributed by atoms with Crippen molar-refractivity contribution in [1.82, 2.24) is 5.16 Å². The predicted octanol–water partition coefficient (Wildman–Crippen LogP) is 3.73. The van der Waals surface area contributed by atoms with Gasteiger partial charge in [0.2, 0.25) is 5.88 Å². The molecular formula is C19H14N2O5. The van der Waals surface area contributed by atoms with E-state index in [9.17, 15) is 9.59 Å². The first-order valence-electron chi connectivity index (χ1n) is 7.95. The highest BCUT2D eigenvalue weighted by molar-refractivity contribution is 5.88. The van der Waals surface area contributed by atoms with E-state index in [-0.39, 0.29) is 24.1 Å². The number of aromatic carboxylic acids is 1. The standard InChI is InChI=1S/C19H14N2O5/c22-18(23)16-9-17(26-21-16)20-19(24)25-10-15-13-7-3-1-5-11(13)12-6-2-4-8-14(12)15/h1-9,15H,10H2,(H,20,24)(H,22,23). The maximum atomic E-state index is 12.0. The van der Waals surface area contributed by atoms with E-state index in [1.54, 1.807) is 0 Å². The molecule has 0 atom stereocenters. The van der Waals surface area contributed by atoms with Gasteiger partial charge in [-0.05, 0) is 22.3 Å². The average Bonchev–Trinajstić information content (AvgIpc) is 3.23. The zero-order chi connectivity index (χ0) is 18.1. The van der Waals surface area contributed by atoms with Gasteiger partial charge in [0.15, 0.2) is 5.69 Å². The number of anilines is 1. The van der Waals surface area contributed by atoms with Gasteiger partial charge in [-0.1, -0.05) is 53.7 Å². The molecular weight excluding hydrogens is 336 g/mol. The monoisotopic (exact) mass is 350 g/mol. The molecule has 0 saturated heterocycles. The van der Waals surface area contributed by atoms with Crippen molar-refractivity contribution in [1.29, 1.82) is 0 Å². The van der Waals surface area contributed by atoms with E-state index in [2.05, 4.69) is 22.6 Å². The molecule has 0 spiro atoms. The molecule has 1 aromatic heterocycles. The third-order valence-electron chi connectivity index (χ3n) is 4.30. The van der Waals surface area contributed by atoms with Gasteiger partial charge in [-0.25, -0.2) is 9.59 Å². The molecule has 26 heavy (non-hydrogen) atoms. The SMILES string of the molecule is O=C(Nc1cc(C(=O)O)no1)OCC1c2ccccc2-c2ccccc21. The van der Waals surface area contributed by atoms with Crippen LogP contribution < -0.4 is 5.32 Å². The van der Waals surface area contributed by atoms with Gasteiger partial charge in [0, 0.05) is 12.0 Å². The van der Waals surface area contributed by atoms with Gasteiger partial charge in [-0.15, -0.1) is 0 Å². The lowest BCUT2D eigenvalue weighted by molar-refractivity contribution is 0.0686. The molecule has 7 heteroatoms. The molecule has 0 saturated carbocycles. The third-order valence-corrected chi connectivity index (χ3v) is 4.30. The summed E-state index contributed by atoms with van der Waals surface area (Å²) in [7, 11) is 0. The van der Waals surface area contributed by atoms with Crippen molar-refractivity contribution in [3.63, 3.8) is 0 Å². The molecule has 0 aliphatic heterocycles. The number of hydrogen-bond donors (Lipinski definition) is 2. The predicted molar refractivity (Wildman–Crippen MR) is 92.2 cm³/mol. The van der Waals surface area contributed by atoms with Crippen LogP contribution in [0.4, 0.5) is 10.7 Å². The van der Waals surface area contributed by atoms with E-state index in [0.717, 1.165) is 28.3 Å². The lowest BCUT2D eigenvalue weighted by Crippen LogP contribution is -2.17. The van der Waals surface area contributed by atoms with E-state index < -0.39 is 12.1 Å². The van der Waals surface area contributed by atoms with E-state index in [4.69, 9.17) is 14.4 Å². The molecule has 0 bridgehead atoms. The first-order valence-corrected chi connectivity index (χ1v) is 7.95. The number of hydrogen-bond acceptors (Lipinski definition) is 5. The fourth-order valence-corrected chi connectivity index (χ4v) is 3.17. The summed E-state index contributed by atoms with van der Waals surface area (Å²) in [6, 6.07) is 17.1. The van der Waals surface area contributed by atoms with Crippen LogP contribution in [-0.2, 0) is 4.74 Å². The molecule has 4 rings (SSSR count). The summed E-state index contributed by atoms with van der Waals surface area (Å²) in [5.74, 6) is -1.38. The molecule has 2 aromatic carbocycles. The number of carboxylic acid groups (broad SMARTS) is 1. The summed E-state index contributed by atoms with van der Waals surface area (Å²) in [6.07, 6.45) is -0.736. The Morgan fingerprint density at radius 2 is 1.69 bits per heavy atom. The summed E-state index contributed by atoms with van der Waals surface area (Å²) in [5, 5.41) is 14.5. The van der Waals surface area contributed by atoms with E-state index >= 15 is 0 Å². The quantitative estimate of drug-likeness (QED) is 0.743. The minimum atomic E-state index is -1.24. The Hall–Kier alpha value is -3.61. The molecule has 1 heterocycles. The second-order valence-electron chi connectivity index (χ2n) is 5.83. The Balaban J connectivity index is 1.47. The highest BCUT2D eigenvalue weighted by atomic mass is 16.6. The first-order chi connectivity index (χ1) is 12.6. The van der Waals surface area contributed by atoms with Gasteiger partial charge >= 0.3 is 12.1 Å². The summed E-state index contributed by atoms with van der Waals surface area (Å²) in [6.45, 7) is 0.153. The van der Waals surface area contributed by atoms with Gasteiger partial charge in [0.25, 0.3) is 0 Å². The van der Waals surface area contributed by atoms with Crippen LogP contribution in [0.25, 0.3) is 11.1 Å². The number of aromatic nitrogens is 1. The van der Waals surface area contributed by atoms with Crippen molar-refractivity contribution >= 4 is 17.9 Å². The smallest absolute Gasteiger partial charge is 0.414 e. The van der Waals surface area contributed by atoms with Crippen LogP contribution in [0.2, 0.25) is 0 Å². The fourth-order valence-electron chi connectivity index (χ4n) is 3.17. The first kappa shape index (κ1) is 15.9. The van der Waals surface area contributed by atoms with Crippen LogP contribution in [0.5, 0.6) is 0 Å². The summed E-state index contributed by atoms with van der Waals surface area (Å²) in [5.41, 5.74) is 4.19. The third kappa shape index (κ3) is 2.79. The Bertz CT molecular complexity index is 949. The second-order valence-corrected chi connectivity index (χ2v) is 5.83. The van der Waals surface area contributed by atoms with Crippen molar-refractivity contribution in [3.8, 4) is 11.1 Å². The lowest BCUT2D eigenvalue weighted by Gasteiger charge is -2.13. The van der Waals surface area contributed by atoms with Gasteiger partial charge < -0.3 is 14.4 Å². The molecule has 130 valence electrons. The van der Waals surface area contributed by atoms with Gasteiger partial charge in [-0.3, -0.25) is 5.32 Å². The summed E-state index contributed by atoms with van der Waals surface area (Å²) >= 11 is 0. The van der Waals surface area contributed by atoms with Gasteiger partial charge in [-0.2, -0.15) is 0 Å². The minimum absolute atomic E-state index is 0.0579. The van der Waals surface area contributed by atoms with Crippen molar-refractivity contribution in [2.24, 2.45) is 0 Å². The van der Waals surface area contributed by atoms with Crippen LogP contribution in [0, 0.1) is 0 Å². The molecule has 7 nitrogen and oxygen atoms in total. The Labute approximate surface area is 148 Å². The zero-order valence-electron chi connectivity index (χ0n) is 13.5. The Kier molecular flexibility index (Phi) is 3.89. The number of rotatable bonds is 4. The Morgan fingerprint density at radius 3 is 2.27 bits per heavy atom. The van der Waals surface area contributed by atoms with E-state index in [0.29, 0.717) is 0 Å². The Morgan fingerprint density at radius 1 is 1.08 bits per heavy atom. The van der Waals surface area contributed by atoms with E-state index in [1.165, 1.54) is 0 Å². The number of benzene rings is 2. The molecule has 0 fully saturated rings. The van der Waals surface area contributed by atoms with Crippen molar-refractivity contribution in [2.45, 2.75) is 5.92 Å². The molecule has 0 radical (unpaired) electrons. The van der Waals surface area contributed by atoms with Crippen LogP contribution in [-0.4, -0.2) is 28.9 Å². The largest absolute Gasteiger partial charge is 0.476 e. The maximum absolute atomic E-state index is 12.0. The van der Waals surface area contributed by atoms with Crippen molar-refractivity contribution in [2.75, 3.05) is 11.9 Å².